The lowest BCUT2D eigenvalue weighted by atomic mass is 9.87. The van der Waals surface area contributed by atoms with Gasteiger partial charge in [-0.15, -0.1) is 10.2 Å². The van der Waals surface area contributed by atoms with Crippen molar-refractivity contribution in [3.05, 3.63) is 89.7 Å². The second-order valence-corrected chi connectivity index (χ2v) is 8.54. The van der Waals surface area contributed by atoms with Crippen LogP contribution in [0.3, 0.4) is 0 Å². The summed E-state index contributed by atoms with van der Waals surface area (Å²) in [5.74, 6) is 1.41. The first-order valence-corrected chi connectivity index (χ1v) is 10.3. The van der Waals surface area contributed by atoms with E-state index in [2.05, 4.69) is 41.4 Å². The van der Waals surface area contributed by atoms with E-state index in [0.717, 1.165) is 5.69 Å². The number of nitrogens with one attached hydrogen (secondary N) is 1. The Balaban J connectivity index is 1.37. The molecule has 0 saturated carbocycles. The lowest BCUT2D eigenvalue weighted by Gasteiger charge is -2.19. The van der Waals surface area contributed by atoms with Gasteiger partial charge in [-0.1, -0.05) is 32.9 Å². The topological polar surface area (TPSA) is 81.9 Å². The second kappa shape index (κ2) is 8.63. The number of nitrogens with zero attached hydrogens (tertiary/aromatic N) is 4. The number of hydrogen-bond donors (Lipinski definition) is 1. The van der Waals surface area contributed by atoms with Crippen molar-refractivity contribution >= 4 is 11.6 Å². The van der Waals surface area contributed by atoms with Crippen molar-refractivity contribution in [3.63, 3.8) is 0 Å². The SMILES string of the molecule is Cc1ccn(-c2ccc(Oc3ccc(NC(=O)c4ccc(C(C)(C)C)cc4)cc3)nn2)n1. The molecule has 4 aromatic rings. The van der Waals surface area contributed by atoms with Crippen molar-refractivity contribution in [2.24, 2.45) is 0 Å². The van der Waals surface area contributed by atoms with Crippen LogP contribution in [0.25, 0.3) is 5.82 Å². The van der Waals surface area contributed by atoms with E-state index in [0.29, 0.717) is 28.7 Å². The number of benzene rings is 2. The third-order valence-electron chi connectivity index (χ3n) is 4.93. The zero-order valence-corrected chi connectivity index (χ0v) is 18.5. The molecule has 0 atom stereocenters. The molecule has 0 fully saturated rings. The molecule has 2 heterocycles. The quantitative estimate of drug-likeness (QED) is 0.467. The predicted octanol–water partition coefficient (Wildman–Crippen LogP) is 5.31. The van der Waals surface area contributed by atoms with Crippen molar-refractivity contribution in [1.29, 1.82) is 0 Å². The second-order valence-electron chi connectivity index (χ2n) is 8.54. The summed E-state index contributed by atoms with van der Waals surface area (Å²) >= 11 is 0. The number of aryl methyl sites for hydroxylation is 1. The summed E-state index contributed by atoms with van der Waals surface area (Å²) in [5, 5.41) is 15.4. The zero-order chi connectivity index (χ0) is 22.7. The summed E-state index contributed by atoms with van der Waals surface area (Å²) in [6.07, 6.45) is 1.83. The summed E-state index contributed by atoms with van der Waals surface area (Å²) in [5.41, 5.74) is 3.43. The number of ether oxygens (including phenoxy) is 1. The molecule has 7 nitrogen and oxygen atoms in total. The van der Waals surface area contributed by atoms with Crippen molar-refractivity contribution in [2.75, 3.05) is 5.32 Å². The summed E-state index contributed by atoms with van der Waals surface area (Å²) in [6.45, 7) is 8.35. The highest BCUT2D eigenvalue weighted by Crippen LogP contribution is 2.24. The maximum absolute atomic E-state index is 12.5. The number of anilines is 1. The Kier molecular flexibility index (Phi) is 5.73. The lowest BCUT2D eigenvalue weighted by Crippen LogP contribution is -2.14. The van der Waals surface area contributed by atoms with Crippen LogP contribution in [0, 0.1) is 6.92 Å². The van der Waals surface area contributed by atoms with Crippen molar-refractivity contribution in [3.8, 4) is 17.4 Å². The molecule has 1 N–H and O–H groups in total. The fraction of sp³-hybridized carbons (Fsp3) is 0.200. The summed E-state index contributed by atoms with van der Waals surface area (Å²) in [7, 11) is 0. The molecule has 0 bridgehead atoms. The van der Waals surface area contributed by atoms with Crippen LogP contribution < -0.4 is 10.1 Å². The van der Waals surface area contributed by atoms with E-state index in [1.807, 2.05) is 43.5 Å². The smallest absolute Gasteiger partial charge is 0.255 e. The molecule has 0 unspecified atom stereocenters. The molecule has 2 aromatic carbocycles. The number of hydrogen-bond acceptors (Lipinski definition) is 5. The van der Waals surface area contributed by atoms with Gasteiger partial charge in [0.1, 0.15) is 5.75 Å². The van der Waals surface area contributed by atoms with E-state index in [1.54, 1.807) is 41.1 Å². The van der Waals surface area contributed by atoms with E-state index < -0.39 is 0 Å². The van der Waals surface area contributed by atoms with E-state index in [1.165, 1.54) is 5.56 Å². The van der Waals surface area contributed by atoms with Gasteiger partial charge < -0.3 is 10.1 Å². The van der Waals surface area contributed by atoms with Gasteiger partial charge >= 0.3 is 0 Å². The Labute approximate surface area is 187 Å². The van der Waals surface area contributed by atoms with E-state index in [9.17, 15) is 4.79 Å². The van der Waals surface area contributed by atoms with Crippen LogP contribution in [-0.2, 0) is 5.41 Å². The van der Waals surface area contributed by atoms with Crippen LogP contribution in [0.2, 0.25) is 0 Å². The average Bonchev–Trinajstić information content (AvgIpc) is 3.21. The number of aromatic nitrogens is 4. The molecular formula is C25H25N5O2. The van der Waals surface area contributed by atoms with Gasteiger partial charge in [0.15, 0.2) is 5.82 Å². The Hall–Kier alpha value is -4.00. The number of rotatable bonds is 5. The Bertz CT molecular complexity index is 1210. The fourth-order valence-electron chi connectivity index (χ4n) is 3.08. The molecule has 0 aliphatic rings. The molecule has 0 aliphatic heterocycles. The van der Waals surface area contributed by atoms with Crippen molar-refractivity contribution in [2.45, 2.75) is 33.1 Å². The molecule has 162 valence electrons. The molecule has 1 amide bonds. The molecule has 4 rings (SSSR count). The van der Waals surface area contributed by atoms with Gasteiger partial charge in [0.2, 0.25) is 5.88 Å². The lowest BCUT2D eigenvalue weighted by molar-refractivity contribution is 0.102. The molecule has 32 heavy (non-hydrogen) atoms. The molecule has 0 radical (unpaired) electrons. The molecular weight excluding hydrogens is 402 g/mol. The van der Waals surface area contributed by atoms with Gasteiger partial charge in [0, 0.05) is 23.5 Å². The van der Waals surface area contributed by atoms with E-state index in [-0.39, 0.29) is 11.3 Å². The Morgan fingerprint density at radius 1 is 0.906 bits per heavy atom. The van der Waals surface area contributed by atoms with Crippen molar-refractivity contribution in [1.82, 2.24) is 20.0 Å². The van der Waals surface area contributed by atoms with E-state index in [4.69, 9.17) is 4.74 Å². The van der Waals surface area contributed by atoms with Gasteiger partial charge in [0.25, 0.3) is 5.91 Å². The predicted molar refractivity (Wildman–Crippen MR) is 124 cm³/mol. The monoisotopic (exact) mass is 427 g/mol. The highest BCUT2D eigenvalue weighted by molar-refractivity contribution is 6.04. The first kappa shape index (κ1) is 21.2. The number of amides is 1. The van der Waals surface area contributed by atoms with Crippen molar-refractivity contribution < 1.29 is 9.53 Å². The first-order valence-electron chi connectivity index (χ1n) is 10.3. The average molecular weight is 428 g/mol. The minimum Gasteiger partial charge on any atom is -0.438 e. The summed E-state index contributed by atoms with van der Waals surface area (Å²) in [4.78, 5) is 12.5. The highest BCUT2D eigenvalue weighted by atomic mass is 16.5. The fourth-order valence-corrected chi connectivity index (χ4v) is 3.08. The third-order valence-corrected chi connectivity index (χ3v) is 4.93. The normalized spacial score (nSPS) is 11.2. The molecule has 0 saturated heterocycles. The first-order chi connectivity index (χ1) is 15.3. The Morgan fingerprint density at radius 3 is 2.19 bits per heavy atom. The molecule has 2 aromatic heterocycles. The highest BCUT2D eigenvalue weighted by Gasteiger charge is 2.14. The molecule has 0 spiro atoms. The maximum Gasteiger partial charge on any atom is 0.255 e. The van der Waals surface area contributed by atoms with Crippen LogP contribution >= 0.6 is 0 Å². The van der Waals surface area contributed by atoms with Gasteiger partial charge in [-0.25, -0.2) is 4.68 Å². The van der Waals surface area contributed by atoms with Crippen LogP contribution in [0.5, 0.6) is 11.6 Å². The third kappa shape index (κ3) is 5.00. The number of carbonyl (C=O) groups is 1. The molecule has 7 heteroatoms. The Morgan fingerprint density at radius 2 is 1.62 bits per heavy atom. The minimum absolute atomic E-state index is 0.0493. The zero-order valence-electron chi connectivity index (χ0n) is 18.5. The molecule has 0 aliphatic carbocycles. The van der Waals surface area contributed by atoms with Crippen LogP contribution in [0.15, 0.2) is 72.9 Å². The van der Waals surface area contributed by atoms with Gasteiger partial charge in [-0.05, 0) is 66.4 Å². The van der Waals surface area contributed by atoms with Gasteiger partial charge in [0.05, 0.1) is 5.69 Å². The minimum atomic E-state index is -0.158. The van der Waals surface area contributed by atoms with Gasteiger partial charge in [-0.3, -0.25) is 4.79 Å². The summed E-state index contributed by atoms with van der Waals surface area (Å²) in [6, 6.07) is 20.2. The van der Waals surface area contributed by atoms with Crippen LogP contribution in [0.4, 0.5) is 5.69 Å². The van der Waals surface area contributed by atoms with Crippen LogP contribution in [-0.4, -0.2) is 25.9 Å². The largest absolute Gasteiger partial charge is 0.438 e. The maximum atomic E-state index is 12.5. The van der Waals surface area contributed by atoms with E-state index >= 15 is 0 Å². The van der Waals surface area contributed by atoms with Crippen LogP contribution in [0.1, 0.15) is 42.4 Å². The summed E-state index contributed by atoms with van der Waals surface area (Å²) < 4.78 is 7.40. The van der Waals surface area contributed by atoms with Gasteiger partial charge in [-0.2, -0.15) is 5.10 Å². The standard InChI is InChI=1S/C25H25N5O2/c1-17-15-16-30(29-17)22-13-14-23(28-27-22)32-21-11-9-20(10-12-21)26-24(31)18-5-7-19(8-6-18)25(2,3)4/h5-16H,1-4H3,(H,26,31). The number of carbonyl (C=O) groups excluding carboxylic acids is 1.